The zero-order valence-corrected chi connectivity index (χ0v) is 21.4. The molecule has 0 amide bonds. The molecule has 0 aliphatic carbocycles. The highest BCUT2D eigenvalue weighted by atomic mass is 32.2. The summed E-state index contributed by atoms with van der Waals surface area (Å²) in [4.78, 5) is 33.0. The van der Waals surface area contributed by atoms with E-state index in [4.69, 9.17) is 14.2 Å². The van der Waals surface area contributed by atoms with Gasteiger partial charge < -0.3 is 14.2 Å². The highest BCUT2D eigenvalue weighted by molar-refractivity contribution is 7.98. The zero-order chi connectivity index (χ0) is 24.7. The number of carbonyl (C=O) groups excluding carboxylic acids is 1. The summed E-state index contributed by atoms with van der Waals surface area (Å²) in [5.74, 6) is 0.889. The first-order valence-corrected chi connectivity index (χ1v) is 13.2. The molecule has 0 saturated carbocycles. The number of carbonyl (C=O) groups is 1. The largest absolute Gasteiger partial charge is 0.463 e. The van der Waals surface area contributed by atoms with E-state index in [9.17, 15) is 9.59 Å². The third-order valence-electron chi connectivity index (χ3n) is 6.00. The van der Waals surface area contributed by atoms with Crippen LogP contribution < -0.4 is 24.4 Å². The van der Waals surface area contributed by atoms with Gasteiger partial charge in [0.25, 0.3) is 5.56 Å². The van der Waals surface area contributed by atoms with E-state index in [1.807, 2.05) is 55.7 Å². The van der Waals surface area contributed by atoms with Gasteiger partial charge in [-0.15, -0.1) is 11.8 Å². The van der Waals surface area contributed by atoms with Crippen molar-refractivity contribution < 1.29 is 19.0 Å². The van der Waals surface area contributed by atoms with Crippen LogP contribution in [0.2, 0.25) is 0 Å². The van der Waals surface area contributed by atoms with Crippen LogP contribution in [-0.2, 0) is 9.53 Å². The number of allylic oxidation sites excluding steroid dienone is 1. The van der Waals surface area contributed by atoms with E-state index in [2.05, 4.69) is 4.99 Å². The van der Waals surface area contributed by atoms with Crippen molar-refractivity contribution in [1.29, 1.82) is 0 Å². The van der Waals surface area contributed by atoms with E-state index in [0.717, 1.165) is 21.6 Å². The minimum Gasteiger partial charge on any atom is -0.463 e. The molecule has 9 heteroatoms. The second-order valence-corrected chi connectivity index (χ2v) is 10.0. The summed E-state index contributed by atoms with van der Waals surface area (Å²) in [6, 6.07) is 11.0. The first-order chi connectivity index (χ1) is 16.9. The number of thiazole rings is 1. The highest BCUT2D eigenvalue weighted by Gasteiger charge is 2.33. The lowest BCUT2D eigenvalue weighted by molar-refractivity contribution is -0.139. The zero-order valence-electron chi connectivity index (χ0n) is 19.8. The number of fused-ring (bicyclic) bond motifs is 2. The average Bonchev–Trinajstić information content (AvgIpc) is 3.42. The van der Waals surface area contributed by atoms with Gasteiger partial charge in [-0.25, -0.2) is 9.79 Å². The molecular formula is C26H24N2O5S2. The van der Waals surface area contributed by atoms with E-state index in [1.165, 1.54) is 11.3 Å². The molecule has 1 aromatic heterocycles. The molecule has 5 rings (SSSR count). The summed E-state index contributed by atoms with van der Waals surface area (Å²) in [6.45, 7) is 5.94. The van der Waals surface area contributed by atoms with E-state index >= 15 is 0 Å². The Hall–Kier alpha value is -3.30. The topological polar surface area (TPSA) is 79.1 Å². The van der Waals surface area contributed by atoms with Crippen LogP contribution in [-0.4, -0.2) is 30.2 Å². The van der Waals surface area contributed by atoms with Gasteiger partial charge in [0, 0.05) is 4.90 Å². The highest BCUT2D eigenvalue weighted by Crippen LogP contribution is 2.35. The van der Waals surface area contributed by atoms with Crippen LogP contribution in [0, 0.1) is 6.92 Å². The van der Waals surface area contributed by atoms with Gasteiger partial charge in [-0.2, -0.15) is 0 Å². The lowest BCUT2D eigenvalue weighted by Gasteiger charge is -2.24. The Kier molecular flexibility index (Phi) is 6.29. The van der Waals surface area contributed by atoms with Gasteiger partial charge in [0.2, 0.25) is 6.79 Å². The second-order valence-electron chi connectivity index (χ2n) is 8.14. The molecule has 0 bridgehead atoms. The smallest absolute Gasteiger partial charge is 0.338 e. The maximum atomic E-state index is 13.7. The predicted molar refractivity (Wildman–Crippen MR) is 136 cm³/mol. The summed E-state index contributed by atoms with van der Waals surface area (Å²) in [6.07, 6.45) is 3.85. The molecular weight excluding hydrogens is 484 g/mol. The van der Waals surface area contributed by atoms with E-state index in [-0.39, 0.29) is 19.0 Å². The molecule has 0 saturated heterocycles. The quantitative estimate of drug-likeness (QED) is 0.387. The summed E-state index contributed by atoms with van der Waals surface area (Å²) in [5, 5.41) is 0. The van der Waals surface area contributed by atoms with Crippen LogP contribution in [0.1, 0.15) is 36.6 Å². The van der Waals surface area contributed by atoms with Crippen LogP contribution in [0.25, 0.3) is 6.08 Å². The third kappa shape index (κ3) is 4.19. The monoisotopic (exact) mass is 508 g/mol. The first-order valence-electron chi connectivity index (χ1n) is 11.1. The second kappa shape index (κ2) is 9.39. The van der Waals surface area contributed by atoms with Gasteiger partial charge in [0.15, 0.2) is 16.3 Å². The van der Waals surface area contributed by atoms with Crippen molar-refractivity contribution in [1.82, 2.24) is 4.57 Å². The fourth-order valence-corrected chi connectivity index (χ4v) is 5.69. The number of benzene rings is 2. The van der Waals surface area contributed by atoms with E-state index in [0.29, 0.717) is 32.1 Å². The van der Waals surface area contributed by atoms with Crippen molar-refractivity contribution in [2.24, 2.45) is 4.99 Å². The molecule has 0 spiro atoms. The number of ether oxygens (including phenoxy) is 3. The van der Waals surface area contributed by atoms with Gasteiger partial charge in [0.05, 0.1) is 28.5 Å². The molecule has 2 aliphatic heterocycles. The fourth-order valence-electron chi connectivity index (χ4n) is 4.25. The number of hydrogen-bond donors (Lipinski definition) is 0. The maximum Gasteiger partial charge on any atom is 0.338 e. The molecule has 35 heavy (non-hydrogen) atoms. The van der Waals surface area contributed by atoms with Crippen LogP contribution in [0.15, 0.2) is 62.4 Å². The normalized spacial score (nSPS) is 16.8. The lowest BCUT2D eigenvalue weighted by Crippen LogP contribution is -2.39. The van der Waals surface area contributed by atoms with Gasteiger partial charge in [0.1, 0.15) is 0 Å². The van der Waals surface area contributed by atoms with Crippen molar-refractivity contribution in [3.63, 3.8) is 0 Å². The Morgan fingerprint density at radius 1 is 1.23 bits per heavy atom. The maximum absolute atomic E-state index is 13.7. The molecule has 180 valence electrons. The first kappa shape index (κ1) is 23.4. The van der Waals surface area contributed by atoms with Crippen LogP contribution in [0.4, 0.5) is 0 Å². The Bertz CT molecular complexity index is 1530. The molecule has 2 aromatic carbocycles. The van der Waals surface area contributed by atoms with Crippen molar-refractivity contribution >= 4 is 35.1 Å². The minimum absolute atomic E-state index is 0.186. The Labute approximate surface area is 210 Å². The van der Waals surface area contributed by atoms with Crippen LogP contribution in [0.5, 0.6) is 11.5 Å². The van der Waals surface area contributed by atoms with Gasteiger partial charge >= 0.3 is 5.97 Å². The molecule has 0 unspecified atom stereocenters. The lowest BCUT2D eigenvalue weighted by atomic mass is 9.96. The number of rotatable bonds is 5. The molecule has 0 N–H and O–H groups in total. The molecule has 2 aliphatic rings. The molecule has 0 radical (unpaired) electrons. The summed E-state index contributed by atoms with van der Waals surface area (Å²) < 4.78 is 18.5. The molecule has 0 fully saturated rings. The number of thioether (sulfide) groups is 1. The number of nitrogens with zero attached hydrogens (tertiary/aromatic N) is 2. The average molecular weight is 509 g/mol. The molecule has 3 heterocycles. The standard InChI is InChI=1S/C26H24N2O5S2/c1-5-31-25(30)22-15(3)27-26-28(23(22)16-6-8-18(34-4)9-7-16)24(29)21(35-26)12-17-11-20-19(10-14(17)2)32-13-33-20/h6-12,23H,5,13H2,1-4H3/t23-/m0/s1. The van der Waals surface area contributed by atoms with Crippen molar-refractivity contribution in [2.45, 2.75) is 31.7 Å². The van der Waals surface area contributed by atoms with Gasteiger partial charge in [-0.3, -0.25) is 9.36 Å². The number of aromatic nitrogens is 1. The Morgan fingerprint density at radius 2 is 1.94 bits per heavy atom. The molecule has 3 aromatic rings. The minimum atomic E-state index is -0.624. The predicted octanol–water partition coefficient (Wildman–Crippen LogP) is 3.56. The number of aryl methyl sites for hydroxylation is 1. The summed E-state index contributed by atoms with van der Waals surface area (Å²) in [5.41, 5.74) is 3.37. The van der Waals surface area contributed by atoms with E-state index in [1.54, 1.807) is 30.2 Å². The third-order valence-corrected chi connectivity index (χ3v) is 7.72. The van der Waals surface area contributed by atoms with Crippen molar-refractivity contribution in [2.75, 3.05) is 19.7 Å². The Balaban J connectivity index is 1.70. The summed E-state index contributed by atoms with van der Waals surface area (Å²) >= 11 is 2.93. The number of hydrogen-bond acceptors (Lipinski definition) is 8. The van der Waals surface area contributed by atoms with Gasteiger partial charge in [-0.05, 0) is 74.1 Å². The Morgan fingerprint density at radius 3 is 2.63 bits per heavy atom. The molecule has 1 atom stereocenters. The van der Waals surface area contributed by atoms with Crippen LogP contribution >= 0.6 is 23.1 Å². The van der Waals surface area contributed by atoms with Crippen molar-refractivity contribution in [3.05, 3.63) is 84.0 Å². The fraction of sp³-hybridized carbons (Fsp3) is 0.269. The van der Waals surface area contributed by atoms with E-state index < -0.39 is 12.0 Å². The van der Waals surface area contributed by atoms with Crippen LogP contribution in [0.3, 0.4) is 0 Å². The summed E-state index contributed by atoms with van der Waals surface area (Å²) in [7, 11) is 0. The molecule has 7 nitrogen and oxygen atoms in total. The van der Waals surface area contributed by atoms with Crippen molar-refractivity contribution in [3.8, 4) is 11.5 Å². The SMILES string of the molecule is CCOC(=O)C1=C(C)N=c2sc(=Cc3cc4c(cc3C)OCO4)c(=O)n2[C@H]1c1ccc(SC)cc1. The van der Waals surface area contributed by atoms with Gasteiger partial charge in [-0.1, -0.05) is 23.5 Å². The number of esters is 1.